The van der Waals surface area contributed by atoms with Crippen LogP contribution in [0.15, 0.2) is 48.5 Å². The summed E-state index contributed by atoms with van der Waals surface area (Å²) in [6.45, 7) is 1.69. The second kappa shape index (κ2) is 6.23. The fourth-order valence-electron chi connectivity index (χ4n) is 2.51. The lowest BCUT2D eigenvalue weighted by Crippen LogP contribution is -2.58. The van der Waals surface area contributed by atoms with Gasteiger partial charge in [-0.15, -0.1) is 0 Å². The molecule has 0 fully saturated rings. The highest BCUT2D eigenvalue weighted by molar-refractivity contribution is 6.15. The molecule has 0 radical (unpaired) electrons. The van der Waals surface area contributed by atoms with Gasteiger partial charge in [0.15, 0.2) is 0 Å². The molecule has 2 N–H and O–H groups in total. The maximum atomic E-state index is 12.6. The lowest BCUT2D eigenvalue weighted by Gasteiger charge is -2.33. The Bertz CT molecular complexity index is 790. The van der Waals surface area contributed by atoms with Crippen LogP contribution in [0.5, 0.6) is 11.5 Å². The summed E-state index contributed by atoms with van der Waals surface area (Å²) in [6, 6.07) is 14.4. The summed E-state index contributed by atoms with van der Waals surface area (Å²) in [5.74, 6) is 0.119. The van der Waals surface area contributed by atoms with Crippen molar-refractivity contribution in [2.75, 3.05) is 12.4 Å². The number of amides is 2. The van der Waals surface area contributed by atoms with Crippen molar-refractivity contribution in [3.63, 3.8) is 0 Å². The first-order valence-corrected chi connectivity index (χ1v) is 7.54. The van der Waals surface area contributed by atoms with Crippen LogP contribution in [0.2, 0.25) is 0 Å². The van der Waals surface area contributed by atoms with Gasteiger partial charge in [0, 0.05) is 12.1 Å². The van der Waals surface area contributed by atoms with Gasteiger partial charge in [-0.1, -0.05) is 30.3 Å². The van der Waals surface area contributed by atoms with Crippen LogP contribution in [-0.4, -0.2) is 24.5 Å². The van der Waals surface area contributed by atoms with Crippen molar-refractivity contribution in [3.8, 4) is 11.5 Å². The van der Waals surface area contributed by atoms with Crippen LogP contribution in [-0.2, 0) is 16.1 Å². The Morgan fingerprint density at radius 1 is 1.21 bits per heavy atom. The average molecular weight is 326 g/mol. The topological polar surface area (TPSA) is 76.7 Å². The maximum absolute atomic E-state index is 12.6. The van der Waals surface area contributed by atoms with E-state index in [1.165, 1.54) is 6.92 Å². The molecule has 24 heavy (non-hydrogen) atoms. The zero-order chi connectivity index (χ0) is 17.2. The van der Waals surface area contributed by atoms with E-state index < -0.39 is 17.4 Å². The van der Waals surface area contributed by atoms with E-state index in [0.717, 1.165) is 5.56 Å². The standard InChI is InChI=1S/C18H18N2O4/c1-18(17(22)20-13-8-4-6-10-15(13)24-18)16(21)19-11-12-7-3-5-9-14(12)23-2/h3-10H,11H2,1-2H3,(H,19,21)(H,20,22)/t18-/m1/s1. The lowest BCUT2D eigenvalue weighted by atomic mass is 10.0. The van der Waals surface area contributed by atoms with Gasteiger partial charge in [0.1, 0.15) is 11.5 Å². The number of rotatable bonds is 4. The Balaban J connectivity index is 1.76. The second-order valence-electron chi connectivity index (χ2n) is 5.58. The van der Waals surface area contributed by atoms with Crippen molar-refractivity contribution in [1.82, 2.24) is 5.32 Å². The number of methoxy groups -OCH3 is 1. The highest BCUT2D eigenvalue weighted by atomic mass is 16.5. The van der Waals surface area contributed by atoms with Crippen LogP contribution in [0.1, 0.15) is 12.5 Å². The Kier molecular flexibility index (Phi) is 4.12. The van der Waals surface area contributed by atoms with Crippen molar-refractivity contribution < 1.29 is 19.1 Å². The summed E-state index contributed by atoms with van der Waals surface area (Å²) in [4.78, 5) is 24.9. The van der Waals surface area contributed by atoms with Crippen LogP contribution in [0, 0.1) is 0 Å². The molecule has 2 aromatic rings. The molecule has 0 unspecified atom stereocenters. The normalized spacial score (nSPS) is 18.8. The minimum absolute atomic E-state index is 0.233. The summed E-state index contributed by atoms with van der Waals surface area (Å²) in [5, 5.41) is 5.44. The summed E-state index contributed by atoms with van der Waals surface area (Å²) < 4.78 is 10.9. The third-order valence-corrected chi connectivity index (χ3v) is 3.95. The van der Waals surface area contributed by atoms with Gasteiger partial charge in [0.05, 0.1) is 12.8 Å². The number of para-hydroxylation sites is 3. The first-order valence-electron chi connectivity index (χ1n) is 7.54. The molecule has 1 atom stereocenters. The predicted molar refractivity (Wildman–Crippen MR) is 88.9 cm³/mol. The first-order chi connectivity index (χ1) is 11.5. The van der Waals surface area contributed by atoms with Crippen LogP contribution in [0.25, 0.3) is 0 Å². The highest BCUT2D eigenvalue weighted by Gasteiger charge is 2.47. The van der Waals surface area contributed by atoms with Gasteiger partial charge in [-0.05, 0) is 25.1 Å². The van der Waals surface area contributed by atoms with Gasteiger partial charge in [0.2, 0.25) is 0 Å². The summed E-state index contributed by atoms with van der Waals surface area (Å²) in [5.41, 5.74) is -0.262. The van der Waals surface area contributed by atoms with Crippen molar-refractivity contribution >= 4 is 17.5 Å². The second-order valence-corrected chi connectivity index (χ2v) is 5.58. The molecule has 0 bridgehead atoms. The van der Waals surface area contributed by atoms with Gasteiger partial charge in [-0.3, -0.25) is 9.59 Å². The number of hydrogen-bond donors (Lipinski definition) is 2. The molecule has 2 amide bonds. The van der Waals surface area contributed by atoms with Crippen LogP contribution in [0.4, 0.5) is 5.69 Å². The zero-order valence-corrected chi connectivity index (χ0v) is 13.5. The summed E-state index contributed by atoms with van der Waals surface area (Å²) in [7, 11) is 1.57. The van der Waals surface area contributed by atoms with Crippen molar-refractivity contribution in [2.45, 2.75) is 19.1 Å². The molecule has 124 valence electrons. The Morgan fingerprint density at radius 3 is 2.71 bits per heavy atom. The van der Waals surface area contributed by atoms with E-state index in [1.54, 1.807) is 31.4 Å². The number of anilines is 1. The zero-order valence-electron chi connectivity index (χ0n) is 13.5. The number of nitrogens with one attached hydrogen (secondary N) is 2. The molecule has 3 rings (SSSR count). The molecule has 0 spiro atoms. The summed E-state index contributed by atoms with van der Waals surface area (Å²) >= 11 is 0. The van der Waals surface area contributed by atoms with Crippen molar-refractivity contribution in [1.29, 1.82) is 0 Å². The number of carbonyl (C=O) groups excluding carboxylic acids is 2. The highest BCUT2D eigenvalue weighted by Crippen LogP contribution is 2.33. The Hall–Kier alpha value is -3.02. The quantitative estimate of drug-likeness (QED) is 0.844. The van der Waals surface area contributed by atoms with E-state index in [9.17, 15) is 9.59 Å². The fraction of sp³-hybridized carbons (Fsp3) is 0.222. The largest absolute Gasteiger partial charge is 0.496 e. The molecule has 0 saturated heterocycles. The van der Waals surface area contributed by atoms with Crippen molar-refractivity contribution in [3.05, 3.63) is 54.1 Å². The fourth-order valence-corrected chi connectivity index (χ4v) is 2.51. The minimum atomic E-state index is -1.63. The molecule has 0 aromatic heterocycles. The monoisotopic (exact) mass is 326 g/mol. The lowest BCUT2D eigenvalue weighted by molar-refractivity contribution is -0.146. The van der Waals surface area contributed by atoms with E-state index in [1.807, 2.05) is 24.3 Å². The third-order valence-electron chi connectivity index (χ3n) is 3.95. The predicted octanol–water partition coefficient (Wildman–Crippen LogP) is 2.10. The number of ether oxygens (including phenoxy) is 2. The Morgan fingerprint density at radius 2 is 1.92 bits per heavy atom. The molecule has 6 heteroatoms. The average Bonchev–Trinajstić information content (AvgIpc) is 2.60. The molecule has 2 aromatic carbocycles. The third kappa shape index (κ3) is 2.78. The van der Waals surface area contributed by atoms with Crippen LogP contribution in [0.3, 0.4) is 0 Å². The number of carbonyl (C=O) groups is 2. The number of benzene rings is 2. The molecule has 1 heterocycles. The number of hydrogen-bond acceptors (Lipinski definition) is 4. The smallest absolute Gasteiger partial charge is 0.278 e. The SMILES string of the molecule is COc1ccccc1CNC(=O)[C@@]1(C)Oc2ccccc2NC1=O. The van der Waals surface area contributed by atoms with Crippen molar-refractivity contribution in [2.24, 2.45) is 0 Å². The van der Waals surface area contributed by atoms with Crippen LogP contribution < -0.4 is 20.1 Å². The molecule has 0 aliphatic carbocycles. The molecule has 1 aliphatic rings. The molecular formula is C18H18N2O4. The maximum Gasteiger partial charge on any atom is 0.278 e. The Labute approximate surface area is 139 Å². The van der Waals surface area contributed by atoms with Gasteiger partial charge < -0.3 is 20.1 Å². The summed E-state index contributed by atoms with van der Waals surface area (Å²) in [6.07, 6.45) is 0. The van der Waals surface area contributed by atoms with Gasteiger partial charge in [0.25, 0.3) is 17.4 Å². The molecule has 0 saturated carbocycles. The minimum Gasteiger partial charge on any atom is -0.496 e. The molecular weight excluding hydrogens is 308 g/mol. The van der Waals surface area contributed by atoms with E-state index in [0.29, 0.717) is 17.2 Å². The van der Waals surface area contributed by atoms with Crippen LogP contribution >= 0.6 is 0 Å². The van der Waals surface area contributed by atoms with Gasteiger partial charge in [-0.25, -0.2) is 0 Å². The van der Waals surface area contributed by atoms with Gasteiger partial charge >= 0.3 is 0 Å². The van der Waals surface area contributed by atoms with E-state index >= 15 is 0 Å². The van der Waals surface area contributed by atoms with Gasteiger partial charge in [-0.2, -0.15) is 0 Å². The first kappa shape index (κ1) is 15.9. The van der Waals surface area contributed by atoms with E-state index in [2.05, 4.69) is 10.6 Å². The molecule has 1 aliphatic heterocycles. The van der Waals surface area contributed by atoms with E-state index in [-0.39, 0.29) is 6.54 Å². The number of fused-ring (bicyclic) bond motifs is 1. The van der Waals surface area contributed by atoms with E-state index in [4.69, 9.17) is 9.47 Å². The molecule has 6 nitrogen and oxygen atoms in total.